The lowest BCUT2D eigenvalue weighted by Crippen LogP contribution is -2.42. The van der Waals surface area contributed by atoms with Gasteiger partial charge in [0.05, 0.1) is 12.0 Å². The summed E-state index contributed by atoms with van der Waals surface area (Å²) in [7, 11) is 0. The molecule has 0 aliphatic heterocycles. The molecule has 2 aromatic rings. The van der Waals surface area contributed by atoms with E-state index in [1.165, 1.54) is 0 Å². The summed E-state index contributed by atoms with van der Waals surface area (Å²) in [6.07, 6.45) is 0.0867. The summed E-state index contributed by atoms with van der Waals surface area (Å²) in [5.41, 5.74) is 5.79. The first kappa shape index (κ1) is 15.1. The molecule has 0 unspecified atom stereocenters. The van der Waals surface area contributed by atoms with E-state index >= 15 is 0 Å². The molecule has 0 aliphatic rings. The average Bonchev–Trinajstić information content (AvgIpc) is 2.78. The molecular weight excluding hydrogens is 292 g/mol. The number of carbonyl (C=O) groups is 2. The van der Waals surface area contributed by atoms with Crippen LogP contribution in [0.1, 0.15) is 27.4 Å². The first-order valence-corrected chi connectivity index (χ1v) is 6.75. The second kappa shape index (κ2) is 6.45. The lowest BCUT2D eigenvalue weighted by atomic mass is 10.1. The van der Waals surface area contributed by atoms with Gasteiger partial charge in [0.2, 0.25) is 5.91 Å². The Morgan fingerprint density at radius 3 is 2.52 bits per heavy atom. The van der Waals surface area contributed by atoms with Crippen LogP contribution in [0.15, 0.2) is 34.7 Å². The highest BCUT2D eigenvalue weighted by molar-refractivity contribution is 6.31. The summed E-state index contributed by atoms with van der Waals surface area (Å²) in [6.45, 7) is 3.44. The van der Waals surface area contributed by atoms with E-state index in [4.69, 9.17) is 16.0 Å². The standard InChI is InChI=1S/C15H15ClN2O3/c1-9-7-12(10(2)21-9)15(20)18-17-14(19)8-11-5-3-4-6-13(11)16/h3-7H,8H2,1-2H3,(H,17,19)(H,18,20). The van der Waals surface area contributed by atoms with Crippen LogP contribution < -0.4 is 10.9 Å². The monoisotopic (exact) mass is 306 g/mol. The molecule has 2 N–H and O–H groups in total. The van der Waals surface area contributed by atoms with Gasteiger partial charge in [-0.3, -0.25) is 20.4 Å². The Balaban J connectivity index is 1.91. The van der Waals surface area contributed by atoms with E-state index in [9.17, 15) is 9.59 Å². The van der Waals surface area contributed by atoms with Crippen LogP contribution in [0.4, 0.5) is 0 Å². The number of nitrogens with one attached hydrogen (secondary N) is 2. The maximum absolute atomic E-state index is 11.9. The Labute approximate surface area is 127 Å². The summed E-state index contributed by atoms with van der Waals surface area (Å²) in [6, 6.07) is 8.67. The Morgan fingerprint density at radius 2 is 1.90 bits per heavy atom. The zero-order valence-corrected chi connectivity index (χ0v) is 12.5. The van der Waals surface area contributed by atoms with Gasteiger partial charge in [0, 0.05) is 5.02 Å². The van der Waals surface area contributed by atoms with Crippen LogP contribution in [0, 0.1) is 13.8 Å². The number of benzene rings is 1. The number of rotatable bonds is 3. The molecule has 1 heterocycles. The van der Waals surface area contributed by atoms with Crippen molar-refractivity contribution in [2.75, 3.05) is 0 Å². The van der Waals surface area contributed by atoms with Crippen molar-refractivity contribution < 1.29 is 14.0 Å². The Morgan fingerprint density at radius 1 is 1.19 bits per heavy atom. The first-order chi connectivity index (χ1) is 9.97. The molecule has 21 heavy (non-hydrogen) atoms. The molecule has 0 spiro atoms. The van der Waals surface area contributed by atoms with Crippen LogP contribution in [0.25, 0.3) is 0 Å². The predicted molar refractivity (Wildman–Crippen MR) is 78.9 cm³/mol. The maximum atomic E-state index is 11.9. The van der Waals surface area contributed by atoms with Gasteiger partial charge in [-0.1, -0.05) is 29.8 Å². The fraction of sp³-hybridized carbons (Fsp3) is 0.200. The molecule has 0 fully saturated rings. The van der Waals surface area contributed by atoms with Gasteiger partial charge in [0.15, 0.2) is 0 Å². The van der Waals surface area contributed by atoms with Crippen molar-refractivity contribution in [1.82, 2.24) is 10.9 Å². The summed E-state index contributed by atoms with van der Waals surface area (Å²) in [5, 5.41) is 0.514. The quantitative estimate of drug-likeness (QED) is 0.856. The number of halogens is 1. The zero-order valence-electron chi connectivity index (χ0n) is 11.7. The molecule has 1 aromatic carbocycles. The third kappa shape index (κ3) is 3.86. The van der Waals surface area contributed by atoms with E-state index < -0.39 is 5.91 Å². The summed E-state index contributed by atoms with van der Waals surface area (Å²) < 4.78 is 5.26. The molecule has 0 saturated heterocycles. The molecule has 110 valence electrons. The number of hydrogen-bond acceptors (Lipinski definition) is 3. The van der Waals surface area contributed by atoms with Gasteiger partial charge in [0.1, 0.15) is 11.5 Å². The van der Waals surface area contributed by atoms with Crippen molar-refractivity contribution in [3.63, 3.8) is 0 Å². The smallest absolute Gasteiger partial charge is 0.273 e. The molecule has 0 radical (unpaired) electrons. The molecule has 0 atom stereocenters. The van der Waals surface area contributed by atoms with E-state index in [0.717, 1.165) is 0 Å². The van der Waals surface area contributed by atoms with Crippen molar-refractivity contribution in [3.05, 3.63) is 58.0 Å². The number of hydrogen-bond donors (Lipinski definition) is 2. The first-order valence-electron chi connectivity index (χ1n) is 6.37. The topological polar surface area (TPSA) is 71.3 Å². The Hall–Kier alpha value is -2.27. The van der Waals surface area contributed by atoms with E-state index in [0.29, 0.717) is 27.7 Å². The van der Waals surface area contributed by atoms with E-state index in [1.807, 2.05) is 0 Å². The second-order valence-electron chi connectivity index (χ2n) is 4.60. The minimum absolute atomic E-state index is 0.0867. The van der Waals surface area contributed by atoms with Gasteiger partial charge >= 0.3 is 0 Å². The summed E-state index contributed by atoms with van der Waals surface area (Å²) >= 11 is 5.97. The molecule has 0 aliphatic carbocycles. The lowest BCUT2D eigenvalue weighted by Gasteiger charge is -2.07. The van der Waals surface area contributed by atoms with Crippen molar-refractivity contribution in [2.45, 2.75) is 20.3 Å². The maximum Gasteiger partial charge on any atom is 0.273 e. The molecule has 0 bridgehead atoms. The largest absolute Gasteiger partial charge is 0.466 e. The lowest BCUT2D eigenvalue weighted by molar-refractivity contribution is -0.121. The second-order valence-corrected chi connectivity index (χ2v) is 5.00. The average molecular weight is 307 g/mol. The van der Waals surface area contributed by atoms with E-state index in [2.05, 4.69) is 10.9 Å². The molecule has 2 rings (SSSR count). The number of aryl methyl sites for hydroxylation is 2. The highest BCUT2D eigenvalue weighted by atomic mass is 35.5. The fourth-order valence-electron chi connectivity index (χ4n) is 1.91. The number of furan rings is 1. The van der Waals surface area contributed by atoms with Crippen molar-refractivity contribution in [2.24, 2.45) is 0 Å². The molecular formula is C15H15ClN2O3. The van der Waals surface area contributed by atoms with Crippen molar-refractivity contribution >= 4 is 23.4 Å². The van der Waals surface area contributed by atoms with Gasteiger partial charge in [-0.05, 0) is 31.5 Å². The molecule has 1 aromatic heterocycles. The minimum atomic E-state index is -0.420. The highest BCUT2D eigenvalue weighted by Gasteiger charge is 2.14. The summed E-state index contributed by atoms with van der Waals surface area (Å²) in [5.74, 6) is 0.372. The summed E-state index contributed by atoms with van der Waals surface area (Å²) in [4.78, 5) is 23.7. The van der Waals surface area contributed by atoms with E-state index in [-0.39, 0.29) is 12.3 Å². The zero-order chi connectivity index (χ0) is 15.4. The fourth-order valence-corrected chi connectivity index (χ4v) is 2.11. The van der Waals surface area contributed by atoms with Crippen molar-refractivity contribution in [1.29, 1.82) is 0 Å². The van der Waals surface area contributed by atoms with Crippen LogP contribution in [0.3, 0.4) is 0 Å². The van der Waals surface area contributed by atoms with Crippen molar-refractivity contribution in [3.8, 4) is 0 Å². The Kier molecular flexibility index (Phi) is 4.65. The molecule has 0 saturated carbocycles. The number of carbonyl (C=O) groups excluding carboxylic acids is 2. The van der Waals surface area contributed by atoms with Gasteiger partial charge < -0.3 is 4.42 Å². The van der Waals surface area contributed by atoms with Crippen LogP contribution >= 0.6 is 11.6 Å². The van der Waals surface area contributed by atoms with Gasteiger partial charge in [-0.25, -0.2) is 0 Å². The number of hydrazine groups is 1. The predicted octanol–water partition coefficient (Wildman–Crippen LogP) is 2.55. The van der Waals surface area contributed by atoms with Crippen LogP contribution in [0.2, 0.25) is 5.02 Å². The van der Waals surface area contributed by atoms with Gasteiger partial charge in [0.25, 0.3) is 5.91 Å². The normalized spacial score (nSPS) is 10.2. The minimum Gasteiger partial charge on any atom is -0.466 e. The van der Waals surface area contributed by atoms with Crippen LogP contribution in [-0.4, -0.2) is 11.8 Å². The highest BCUT2D eigenvalue weighted by Crippen LogP contribution is 2.15. The number of amides is 2. The molecule has 2 amide bonds. The van der Waals surface area contributed by atoms with Gasteiger partial charge in [-0.2, -0.15) is 0 Å². The van der Waals surface area contributed by atoms with Gasteiger partial charge in [-0.15, -0.1) is 0 Å². The van der Waals surface area contributed by atoms with Crippen LogP contribution in [-0.2, 0) is 11.2 Å². The van der Waals surface area contributed by atoms with Crippen LogP contribution in [0.5, 0.6) is 0 Å². The third-order valence-corrected chi connectivity index (χ3v) is 3.28. The molecule has 6 heteroatoms. The third-order valence-electron chi connectivity index (χ3n) is 2.91. The SMILES string of the molecule is Cc1cc(C(=O)NNC(=O)Cc2ccccc2Cl)c(C)o1. The Bertz CT molecular complexity index is 679. The molecule has 5 nitrogen and oxygen atoms in total. The van der Waals surface area contributed by atoms with E-state index in [1.54, 1.807) is 44.2 Å².